The van der Waals surface area contributed by atoms with Gasteiger partial charge in [-0.3, -0.25) is 4.90 Å². The fraction of sp³-hybridized carbons (Fsp3) is 0.462. The van der Waals surface area contributed by atoms with Gasteiger partial charge >= 0.3 is 0 Å². The molecule has 0 amide bonds. The van der Waals surface area contributed by atoms with Crippen molar-refractivity contribution in [2.45, 2.75) is 44.8 Å². The first kappa shape index (κ1) is 23.8. The van der Waals surface area contributed by atoms with E-state index in [4.69, 9.17) is 16.7 Å². The second-order valence-corrected chi connectivity index (χ2v) is 8.94. The van der Waals surface area contributed by atoms with Gasteiger partial charge in [0.1, 0.15) is 0 Å². The van der Waals surface area contributed by atoms with Crippen LogP contribution >= 0.6 is 11.6 Å². The molecule has 2 aromatic rings. The molecule has 1 saturated heterocycles. The van der Waals surface area contributed by atoms with Crippen molar-refractivity contribution in [2.75, 3.05) is 26.3 Å². The van der Waals surface area contributed by atoms with Crippen LogP contribution in [0.4, 0.5) is 0 Å². The van der Waals surface area contributed by atoms with Crippen molar-refractivity contribution in [1.29, 1.82) is 0 Å². The first-order valence-corrected chi connectivity index (χ1v) is 11.4. The molecule has 0 bridgehead atoms. The Labute approximate surface area is 191 Å². The van der Waals surface area contributed by atoms with Gasteiger partial charge in [-0.05, 0) is 61.2 Å². The van der Waals surface area contributed by atoms with Gasteiger partial charge in [0.05, 0.1) is 13.2 Å². The van der Waals surface area contributed by atoms with Gasteiger partial charge in [0.2, 0.25) is 0 Å². The molecule has 3 N–H and O–H groups in total. The number of hydrogen-bond acceptors (Lipinski definition) is 4. The number of hydrogen-bond donors (Lipinski definition) is 3. The van der Waals surface area contributed by atoms with Gasteiger partial charge in [-0.25, -0.2) is 0 Å². The lowest BCUT2D eigenvalue weighted by atomic mass is 9.90. The van der Waals surface area contributed by atoms with E-state index in [1.54, 1.807) is 0 Å². The zero-order valence-corrected chi connectivity index (χ0v) is 19.2. The Kier molecular flexibility index (Phi) is 8.54. The van der Waals surface area contributed by atoms with Crippen LogP contribution in [0.3, 0.4) is 0 Å². The number of rotatable bonds is 8. The number of halogens is 1. The summed E-state index contributed by atoms with van der Waals surface area (Å²) in [5.41, 5.74) is 3.21. The summed E-state index contributed by atoms with van der Waals surface area (Å²) in [4.78, 5) is 2.43. The molecule has 0 aromatic heterocycles. The molecule has 0 unspecified atom stereocenters. The summed E-state index contributed by atoms with van der Waals surface area (Å²) < 4.78 is 0. The average Bonchev–Trinajstić information content (AvgIpc) is 3.07. The molecule has 0 radical (unpaired) electrons. The molecule has 1 heterocycles. The van der Waals surface area contributed by atoms with E-state index in [1.807, 2.05) is 24.3 Å². The highest BCUT2D eigenvalue weighted by Gasteiger charge is 2.47. The van der Waals surface area contributed by atoms with Gasteiger partial charge in [0, 0.05) is 41.7 Å². The van der Waals surface area contributed by atoms with E-state index < -0.39 is 0 Å². The Morgan fingerprint density at radius 3 is 2.45 bits per heavy atom. The van der Waals surface area contributed by atoms with E-state index >= 15 is 0 Å². The molecule has 2 aromatic carbocycles. The zero-order chi connectivity index (χ0) is 22.3. The van der Waals surface area contributed by atoms with E-state index in [-0.39, 0.29) is 24.8 Å². The number of benzene rings is 2. The first-order chi connectivity index (χ1) is 15.0. The molecule has 0 aliphatic carbocycles. The Hall–Kier alpha value is -1.87. The highest BCUT2D eigenvalue weighted by atomic mass is 35.5. The summed E-state index contributed by atoms with van der Waals surface area (Å²) in [5.74, 6) is 6.40. The third kappa shape index (κ3) is 5.88. The molecule has 3 rings (SSSR count). The Morgan fingerprint density at radius 1 is 1.13 bits per heavy atom. The van der Waals surface area contributed by atoms with E-state index in [2.05, 4.69) is 60.2 Å². The number of nitrogens with zero attached hydrogens (tertiary/aromatic N) is 1. The number of aliphatic hydroxyl groups is 2. The molecule has 1 aliphatic rings. The van der Waals surface area contributed by atoms with Crippen LogP contribution in [-0.4, -0.2) is 47.0 Å². The van der Waals surface area contributed by atoms with Gasteiger partial charge in [-0.15, -0.1) is 0 Å². The molecule has 0 saturated carbocycles. The van der Waals surface area contributed by atoms with Crippen LogP contribution in [0.15, 0.2) is 48.5 Å². The molecule has 1 fully saturated rings. The van der Waals surface area contributed by atoms with Crippen LogP contribution in [0.1, 0.15) is 49.4 Å². The maximum atomic E-state index is 10.2. The first-order valence-electron chi connectivity index (χ1n) is 11.0. The molecule has 5 heteroatoms. The predicted molar refractivity (Wildman–Crippen MR) is 127 cm³/mol. The second kappa shape index (κ2) is 11.1. The van der Waals surface area contributed by atoms with E-state index in [0.29, 0.717) is 12.3 Å². The second-order valence-electron chi connectivity index (χ2n) is 8.50. The van der Waals surface area contributed by atoms with Crippen molar-refractivity contribution in [3.05, 3.63) is 70.2 Å². The van der Waals surface area contributed by atoms with Gasteiger partial charge in [-0.1, -0.05) is 54.6 Å². The summed E-state index contributed by atoms with van der Waals surface area (Å²) in [6.07, 6.45) is 1.44. The number of likely N-dealkylation sites (N-methyl/N-ethyl adjacent to an activating group) is 1. The number of aliphatic hydroxyl groups excluding tert-OH is 2. The lowest BCUT2D eigenvalue weighted by Crippen LogP contribution is -2.45. The fourth-order valence-electron chi connectivity index (χ4n) is 4.74. The highest BCUT2D eigenvalue weighted by molar-refractivity contribution is 6.30. The molecular formula is C26H33ClN2O2. The van der Waals surface area contributed by atoms with E-state index in [0.717, 1.165) is 36.6 Å². The molecular weight excluding hydrogens is 408 g/mol. The minimum absolute atomic E-state index is 0.0952. The molecule has 0 spiro atoms. The smallest absolute Gasteiger partial charge is 0.0613 e. The van der Waals surface area contributed by atoms with Gasteiger partial charge in [-0.2, -0.15) is 0 Å². The minimum atomic E-state index is -0.222. The lowest BCUT2D eigenvalue weighted by Gasteiger charge is -2.37. The van der Waals surface area contributed by atoms with Gasteiger partial charge in [0.15, 0.2) is 0 Å². The Bertz CT molecular complexity index is 888. The third-order valence-corrected chi connectivity index (χ3v) is 6.48. The monoisotopic (exact) mass is 440 g/mol. The van der Waals surface area contributed by atoms with Crippen LogP contribution in [0.2, 0.25) is 5.02 Å². The largest absolute Gasteiger partial charge is 0.395 e. The standard InChI is InChI=1S/C26H33ClN2O2/c1-3-29-25(22-11-13-24(27)14-12-22)23(16-26(29,2)19-31)18-28-17-21-9-7-20(8-10-21)6-4-5-15-30/h7-14,23,25,28,30-31H,3,5,15-19H2,1-2H3/t23-,25+,26+/m0/s1. The van der Waals surface area contributed by atoms with Crippen molar-refractivity contribution in [2.24, 2.45) is 5.92 Å². The van der Waals surface area contributed by atoms with Crippen molar-refractivity contribution in [1.82, 2.24) is 10.2 Å². The fourth-order valence-corrected chi connectivity index (χ4v) is 4.87. The molecule has 4 nitrogen and oxygen atoms in total. The van der Waals surface area contributed by atoms with Crippen LogP contribution in [-0.2, 0) is 6.54 Å². The topological polar surface area (TPSA) is 55.7 Å². The maximum Gasteiger partial charge on any atom is 0.0613 e. The average molecular weight is 441 g/mol. The Balaban J connectivity index is 1.67. The summed E-state index contributed by atoms with van der Waals surface area (Å²) in [6, 6.07) is 16.6. The van der Waals surface area contributed by atoms with Crippen molar-refractivity contribution < 1.29 is 10.2 Å². The quantitative estimate of drug-likeness (QED) is 0.543. The Morgan fingerprint density at radius 2 is 1.84 bits per heavy atom. The van der Waals surface area contributed by atoms with E-state index in [9.17, 15) is 5.11 Å². The van der Waals surface area contributed by atoms with Crippen LogP contribution in [0, 0.1) is 17.8 Å². The number of nitrogens with one attached hydrogen (secondary N) is 1. The molecule has 3 atom stereocenters. The van der Waals surface area contributed by atoms with Crippen LogP contribution in [0.25, 0.3) is 0 Å². The number of likely N-dealkylation sites (tertiary alicyclic amines) is 1. The van der Waals surface area contributed by atoms with Gasteiger partial charge in [0.25, 0.3) is 0 Å². The van der Waals surface area contributed by atoms with Crippen LogP contribution < -0.4 is 5.32 Å². The van der Waals surface area contributed by atoms with Crippen LogP contribution in [0.5, 0.6) is 0 Å². The third-order valence-electron chi connectivity index (χ3n) is 6.23. The minimum Gasteiger partial charge on any atom is -0.395 e. The predicted octanol–water partition coefficient (Wildman–Crippen LogP) is 4.00. The SMILES string of the molecule is CCN1[C@H](c2ccc(Cl)cc2)[C@H](CNCc2ccc(C#CCCO)cc2)C[C@]1(C)CO. The molecule has 166 valence electrons. The summed E-state index contributed by atoms with van der Waals surface area (Å²) in [7, 11) is 0. The highest BCUT2D eigenvalue weighted by Crippen LogP contribution is 2.46. The summed E-state index contributed by atoms with van der Waals surface area (Å²) in [6.45, 7) is 7.12. The summed E-state index contributed by atoms with van der Waals surface area (Å²) >= 11 is 6.12. The van der Waals surface area contributed by atoms with E-state index in [1.165, 1.54) is 11.1 Å². The van der Waals surface area contributed by atoms with Gasteiger partial charge < -0.3 is 15.5 Å². The normalized spacial score (nSPS) is 23.5. The van der Waals surface area contributed by atoms with Crippen molar-refractivity contribution in [3.63, 3.8) is 0 Å². The molecule has 31 heavy (non-hydrogen) atoms. The van der Waals surface area contributed by atoms with Crippen molar-refractivity contribution >= 4 is 11.6 Å². The zero-order valence-electron chi connectivity index (χ0n) is 18.4. The lowest BCUT2D eigenvalue weighted by molar-refractivity contribution is 0.0579. The molecule has 1 aliphatic heterocycles. The summed E-state index contributed by atoms with van der Waals surface area (Å²) in [5, 5.41) is 23.4. The van der Waals surface area contributed by atoms with Crippen molar-refractivity contribution in [3.8, 4) is 11.8 Å². The maximum absolute atomic E-state index is 10.2.